The van der Waals surface area contributed by atoms with E-state index in [1.54, 1.807) is 0 Å². The summed E-state index contributed by atoms with van der Waals surface area (Å²) in [6.07, 6.45) is 76.3. The van der Waals surface area contributed by atoms with E-state index >= 15 is 0 Å². The average molecular weight is 950 g/mol. The lowest BCUT2D eigenvalue weighted by Crippen LogP contribution is -2.30. The Morgan fingerprint density at radius 3 is 0.971 bits per heavy atom. The van der Waals surface area contributed by atoms with E-state index < -0.39 is 6.10 Å². The first-order valence-corrected chi connectivity index (χ1v) is 29.5. The highest BCUT2D eigenvalue weighted by atomic mass is 16.6. The highest BCUT2D eigenvalue weighted by molar-refractivity contribution is 5.70. The summed E-state index contributed by atoms with van der Waals surface area (Å²) in [5.41, 5.74) is 0. The largest absolute Gasteiger partial charge is 0.462 e. The van der Waals surface area contributed by atoms with Crippen molar-refractivity contribution in [3.05, 3.63) is 72.9 Å². The fourth-order valence-corrected chi connectivity index (χ4v) is 8.25. The van der Waals surface area contributed by atoms with Gasteiger partial charge in [0, 0.05) is 19.4 Å². The van der Waals surface area contributed by atoms with Gasteiger partial charge in [-0.05, 0) is 116 Å². The SMILES string of the molecule is CCCCC/C=C\C/C=C\CCCCCCCCCCCCOCC(COC(=O)CCCCCCCCC/C=C\C/C=C\CCCCC)OC(=O)CCCCCCC/C=C\C/C=C\CCCCC. The Labute approximate surface area is 423 Å². The third-order valence-corrected chi connectivity index (χ3v) is 12.7. The summed E-state index contributed by atoms with van der Waals surface area (Å²) in [7, 11) is 0. The van der Waals surface area contributed by atoms with Crippen LogP contribution in [0.15, 0.2) is 72.9 Å². The van der Waals surface area contributed by atoms with Crippen LogP contribution in [-0.2, 0) is 23.8 Å². The Morgan fingerprint density at radius 1 is 0.324 bits per heavy atom. The number of hydrogen-bond acceptors (Lipinski definition) is 5. The van der Waals surface area contributed by atoms with Gasteiger partial charge in [-0.25, -0.2) is 0 Å². The van der Waals surface area contributed by atoms with Crippen molar-refractivity contribution in [3.63, 3.8) is 0 Å². The fraction of sp³-hybridized carbons (Fsp3) is 0.778. The quantitative estimate of drug-likeness (QED) is 0.0345. The predicted molar refractivity (Wildman–Crippen MR) is 297 cm³/mol. The molecule has 0 rings (SSSR count). The molecule has 0 aliphatic carbocycles. The molecule has 0 radical (unpaired) electrons. The summed E-state index contributed by atoms with van der Waals surface area (Å²) in [6.45, 7) is 7.75. The second kappa shape index (κ2) is 58.7. The van der Waals surface area contributed by atoms with Crippen molar-refractivity contribution in [2.24, 2.45) is 0 Å². The van der Waals surface area contributed by atoms with Crippen molar-refractivity contribution < 1.29 is 23.8 Å². The molecule has 5 heteroatoms. The lowest BCUT2D eigenvalue weighted by Gasteiger charge is -2.18. The second-order valence-electron chi connectivity index (χ2n) is 19.5. The summed E-state index contributed by atoms with van der Waals surface area (Å²) >= 11 is 0. The van der Waals surface area contributed by atoms with Gasteiger partial charge in [-0.3, -0.25) is 9.59 Å². The number of carbonyl (C=O) groups is 2. The predicted octanol–water partition coefficient (Wildman–Crippen LogP) is 20.2. The minimum Gasteiger partial charge on any atom is -0.462 e. The normalized spacial score (nSPS) is 12.7. The third kappa shape index (κ3) is 55.9. The molecule has 0 aromatic heterocycles. The van der Waals surface area contributed by atoms with Crippen molar-refractivity contribution in [2.45, 2.75) is 297 Å². The zero-order chi connectivity index (χ0) is 49.2. The molecule has 0 saturated heterocycles. The van der Waals surface area contributed by atoms with E-state index in [1.165, 1.54) is 180 Å². The topological polar surface area (TPSA) is 61.8 Å². The second-order valence-corrected chi connectivity index (χ2v) is 19.5. The smallest absolute Gasteiger partial charge is 0.306 e. The number of allylic oxidation sites excluding steroid dienone is 12. The molecular formula is C63H112O5. The van der Waals surface area contributed by atoms with Crippen LogP contribution < -0.4 is 0 Å². The van der Waals surface area contributed by atoms with Gasteiger partial charge in [0.1, 0.15) is 6.61 Å². The van der Waals surface area contributed by atoms with E-state index in [0.29, 0.717) is 19.4 Å². The molecule has 0 aliphatic heterocycles. The summed E-state index contributed by atoms with van der Waals surface area (Å²) < 4.78 is 17.5. The van der Waals surface area contributed by atoms with E-state index in [2.05, 4.69) is 93.7 Å². The van der Waals surface area contributed by atoms with Crippen molar-refractivity contribution in [3.8, 4) is 0 Å². The summed E-state index contributed by atoms with van der Waals surface area (Å²) in [6, 6.07) is 0. The summed E-state index contributed by atoms with van der Waals surface area (Å²) in [5, 5.41) is 0. The Morgan fingerprint density at radius 2 is 0.618 bits per heavy atom. The van der Waals surface area contributed by atoms with Crippen LogP contribution in [0, 0.1) is 0 Å². The first-order valence-electron chi connectivity index (χ1n) is 29.5. The minimum atomic E-state index is -0.551. The maximum Gasteiger partial charge on any atom is 0.306 e. The van der Waals surface area contributed by atoms with Gasteiger partial charge < -0.3 is 14.2 Å². The zero-order valence-corrected chi connectivity index (χ0v) is 45.4. The van der Waals surface area contributed by atoms with Crippen LogP contribution in [0.4, 0.5) is 0 Å². The van der Waals surface area contributed by atoms with Crippen LogP contribution in [0.25, 0.3) is 0 Å². The monoisotopic (exact) mass is 949 g/mol. The van der Waals surface area contributed by atoms with Gasteiger partial charge in [-0.1, -0.05) is 235 Å². The molecule has 1 atom stereocenters. The number of esters is 2. The Balaban J connectivity index is 4.29. The van der Waals surface area contributed by atoms with E-state index in [1.807, 2.05) is 0 Å². The molecule has 0 aromatic rings. The highest BCUT2D eigenvalue weighted by Gasteiger charge is 2.17. The molecule has 0 bridgehead atoms. The lowest BCUT2D eigenvalue weighted by atomic mass is 10.1. The molecule has 0 aromatic carbocycles. The van der Waals surface area contributed by atoms with Gasteiger partial charge in [0.05, 0.1) is 6.61 Å². The Hall–Kier alpha value is -2.66. The van der Waals surface area contributed by atoms with Crippen LogP contribution in [0.2, 0.25) is 0 Å². The molecular weight excluding hydrogens is 837 g/mol. The first kappa shape index (κ1) is 65.3. The molecule has 0 amide bonds. The molecule has 0 aliphatic rings. The third-order valence-electron chi connectivity index (χ3n) is 12.7. The number of hydrogen-bond donors (Lipinski definition) is 0. The van der Waals surface area contributed by atoms with Crippen molar-refractivity contribution in [1.82, 2.24) is 0 Å². The van der Waals surface area contributed by atoms with E-state index in [0.717, 1.165) is 77.0 Å². The summed E-state index contributed by atoms with van der Waals surface area (Å²) in [5.74, 6) is -0.415. The molecule has 0 heterocycles. The molecule has 0 N–H and O–H groups in total. The van der Waals surface area contributed by atoms with E-state index in [-0.39, 0.29) is 25.2 Å². The van der Waals surface area contributed by atoms with Crippen LogP contribution in [0.3, 0.4) is 0 Å². The first-order chi connectivity index (χ1) is 33.6. The molecule has 0 spiro atoms. The van der Waals surface area contributed by atoms with Gasteiger partial charge >= 0.3 is 11.9 Å². The van der Waals surface area contributed by atoms with Crippen molar-refractivity contribution >= 4 is 11.9 Å². The van der Waals surface area contributed by atoms with Gasteiger partial charge in [-0.2, -0.15) is 0 Å². The molecule has 1 unspecified atom stereocenters. The lowest BCUT2D eigenvalue weighted by molar-refractivity contribution is -0.163. The van der Waals surface area contributed by atoms with Crippen LogP contribution in [-0.4, -0.2) is 37.9 Å². The number of rotatable bonds is 54. The number of carbonyl (C=O) groups excluding carboxylic acids is 2. The Bertz CT molecular complexity index is 1210. The van der Waals surface area contributed by atoms with Crippen molar-refractivity contribution in [2.75, 3.05) is 19.8 Å². The number of ether oxygens (including phenoxy) is 3. The van der Waals surface area contributed by atoms with Crippen molar-refractivity contribution in [1.29, 1.82) is 0 Å². The van der Waals surface area contributed by atoms with Crippen LogP contribution >= 0.6 is 0 Å². The molecule has 5 nitrogen and oxygen atoms in total. The van der Waals surface area contributed by atoms with E-state index in [9.17, 15) is 9.59 Å². The minimum absolute atomic E-state index is 0.0734. The van der Waals surface area contributed by atoms with Gasteiger partial charge in [0.25, 0.3) is 0 Å². The highest BCUT2D eigenvalue weighted by Crippen LogP contribution is 2.15. The van der Waals surface area contributed by atoms with E-state index in [4.69, 9.17) is 14.2 Å². The molecule has 394 valence electrons. The standard InChI is InChI=1S/C63H112O5/c1-4-7-10-13-16-19-22-25-28-30-31-32-34-37-40-43-46-49-52-55-58-66-59-61(68-63(65)57-54-51-48-45-42-39-35-27-24-21-18-15-12-9-6-3)60-67-62(64)56-53-50-47-44-41-38-36-33-29-26-23-20-17-14-11-8-5-2/h16-21,25-29,35,61H,4-15,22-24,30-34,36-60H2,1-3H3/b19-16-,20-17-,21-18-,28-25-,29-26-,35-27-. The van der Waals surface area contributed by atoms with Gasteiger partial charge in [0.15, 0.2) is 6.10 Å². The zero-order valence-electron chi connectivity index (χ0n) is 45.4. The molecule has 0 fully saturated rings. The maximum atomic E-state index is 12.9. The number of unbranched alkanes of at least 4 members (excludes halogenated alkanes) is 31. The maximum absolute atomic E-state index is 12.9. The van der Waals surface area contributed by atoms with Crippen LogP contribution in [0.1, 0.15) is 290 Å². The summed E-state index contributed by atoms with van der Waals surface area (Å²) in [4.78, 5) is 25.5. The Kier molecular flexibility index (Phi) is 56.4. The molecule has 0 saturated carbocycles. The fourth-order valence-electron chi connectivity index (χ4n) is 8.25. The average Bonchev–Trinajstić information content (AvgIpc) is 3.34. The van der Waals surface area contributed by atoms with Gasteiger partial charge in [-0.15, -0.1) is 0 Å². The molecule has 68 heavy (non-hydrogen) atoms. The van der Waals surface area contributed by atoms with Gasteiger partial charge in [0.2, 0.25) is 0 Å². The van der Waals surface area contributed by atoms with Crippen LogP contribution in [0.5, 0.6) is 0 Å².